The number of nitrogens with one attached hydrogen (secondary N) is 1. The summed E-state index contributed by atoms with van der Waals surface area (Å²) in [6.45, 7) is 2.75. The standard InChI is InChI=1S/C29H34N2O6S/c1-3-4-16-37-23-10-13-25(14-11-23)38(34,35)30-27(29(32)33)17-22-20-31(19-21-8-6-5-7-9-21)28-15-12-24(36-2)18-26(22)28/h10-15,18,20-21,27,30H,5-9,16-17,19H2,1-2H3,(H,32,33). The van der Waals surface area contributed by atoms with Crippen LogP contribution >= 0.6 is 0 Å². The monoisotopic (exact) mass is 538 g/mol. The topological polar surface area (TPSA) is 107 Å². The number of methoxy groups -OCH3 is 1. The summed E-state index contributed by atoms with van der Waals surface area (Å²) in [5.41, 5.74) is 1.74. The van der Waals surface area contributed by atoms with E-state index in [1.54, 1.807) is 14.0 Å². The fourth-order valence-electron chi connectivity index (χ4n) is 5.00. The highest BCUT2D eigenvalue weighted by molar-refractivity contribution is 7.89. The largest absolute Gasteiger partial charge is 0.497 e. The lowest BCUT2D eigenvalue weighted by molar-refractivity contribution is -0.138. The molecule has 8 nitrogen and oxygen atoms in total. The van der Waals surface area contributed by atoms with Gasteiger partial charge in [-0.3, -0.25) is 4.79 Å². The molecule has 0 bridgehead atoms. The molecule has 4 rings (SSSR count). The zero-order chi connectivity index (χ0) is 27.1. The molecule has 1 aliphatic rings. The second-order valence-electron chi connectivity index (χ2n) is 9.60. The van der Waals surface area contributed by atoms with Gasteiger partial charge in [-0.1, -0.05) is 25.2 Å². The number of sulfonamides is 1. The van der Waals surface area contributed by atoms with Crippen LogP contribution in [-0.2, 0) is 27.8 Å². The van der Waals surface area contributed by atoms with Gasteiger partial charge in [0.05, 0.1) is 12.0 Å². The van der Waals surface area contributed by atoms with Crippen molar-refractivity contribution in [2.24, 2.45) is 5.92 Å². The number of ether oxygens (including phenoxy) is 2. The molecule has 1 aromatic heterocycles. The fourth-order valence-corrected chi connectivity index (χ4v) is 6.19. The van der Waals surface area contributed by atoms with Gasteiger partial charge in [0.2, 0.25) is 10.0 Å². The van der Waals surface area contributed by atoms with Crippen molar-refractivity contribution in [2.75, 3.05) is 13.7 Å². The molecule has 0 saturated heterocycles. The SMILES string of the molecule is CC#CCOc1ccc(S(=O)(=O)NC(Cc2cn(CC3CCCCC3)c3ccc(OC)cc23)C(=O)O)cc1. The molecule has 0 amide bonds. The third-order valence-electron chi connectivity index (χ3n) is 6.99. The summed E-state index contributed by atoms with van der Waals surface area (Å²) in [5.74, 6) is 5.95. The highest BCUT2D eigenvalue weighted by Gasteiger charge is 2.27. The number of carbonyl (C=O) groups is 1. The van der Waals surface area contributed by atoms with E-state index >= 15 is 0 Å². The van der Waals surface area contributed by atoms with Gasteiger partial charge in [-0.05, 0) is 73.7 Å². The molecule has 2 N–H and O–H groups in total. The molecule has 202 valence electrons. The predicted molar refractivity (Wildman–Crippen MR) is 146 cm³/mol. The van der Waals surface area contributed by atoms with Crippen molar-refractivity contribution < 1.29 is 27.8 Å². The Morgan fingerprint density at radius 2 is 1.84 bits per heavy atom. The van der Waals surface area contributed by atoms with Crippen molar-refractivity contribution in [3.8, 4) is 23.3 Å². The molecule has 1 unspecified atom stereocenters. The normalized spacial score (nSPS) is 15.0. The Balaban J connectivity index is 1.57. The molecule has 9 heteroatoms. The average Bonchev–Trinajstić information content (AvgIpc) is 3.25. The van der Waals surface area contributed by atoms with Crippen LogP contribution in [0.25, 0.3) is 10.9 Å². The van der Waals surface area contributed by atoms with Crippen LogP contribution < -0.4 is 14.2 Å². The van der Waals surface area contributed by atoms with Gasteiger partial charge in [0.15, 0.2) is 0 Å². The van der Waals surface area contributed by atoms with Gasteiger partial charge in [-0.15, -0.1) is 5.92 Å². The van der Waals surface area contributed by atoms with Crippen LogP contribution in [0, 0.1) is 17.8 Å². The summed E-state index contributed by atoms with van der Waals surface area (Å²) >= 11 is 0. The predicted octanol–water partition coefficient (Wildman–Crippen LogP) is 4.61. The summed E-state index contributed by atoms with van der Waals surface area (Å²) in [4.78, 5) is 12.2. The van der Waals surface area contributed by atoms with Crippen LogP contribution in [0.3, 0.4) is 0 Å². The van der Waals surface area contributed by atoms with E-state index in [4.69, 9.17) is 9.47 Å². The number of hydrogen-bond acceptors (Lipinski definition) is 5. The van der Waals surface area contributed by atoms with Crippen LogP contribution in [0.5, 0.6) is 11.5 Å². The minimum absolute atomic E-state index is 0.00716. The van der Waals surface area contributed by atoms with E-state index in [9.17, 15) is 18.3 Å². The van der Waals surface area contributed by atoms with Crippen molar-refractivity contribution in [1.82, 2.24) is 9.29 Å². The zero-order valence-corrected chi connectivity index (χ0v) is 22.6. The maximum Gasteiger partial charge on any atom is 0.322 e. The van der Waals surface area contributed by atoms with Crippen molar-refractivity contribution in [2.45, 2.75) is 62.9 Å². The fraction of sp³-hybridized carbons (Fsp3) is 0.414. The molecule has 1 aliphatic carbocycles. The smallest absolute Gasteiger partial charge is 0.322 e. The quantitative estimate of drug-likeness (QED) is 0.346. The maximum absolute atomic E-state index is 13.1. The molecular formula is C29H34N2O6S. The Labute approximate surface area is 224 Å². The molecule has 1 saturated carbocycles. The van der Waals surface area contributed by atoms with Crippen LogP contribution in [-0.4, -0.2) is 43.8 Å². The number of hydrogen-bond donors (Lipinski definition) is 2. The number of carboxylic acid groups (broad SMARTS) is 1. The highest BCUT2D eigenvalue weighted by atomic mass is 32.2. The Hall–Kier alpha value is -3.48. The van der Waals surface area contributed by atoms with Crippen LogP contribution in [0.2, 0.25) is 0 Å². The van der Waals surface area contributed by atoms with Gasteiger partial charge in [0.25, 0.3) is 0 Å². The first-order valence-electron chi connectivity index (χ1n) is 12.8. The van der Waals surface area contributed by atoms with E-state index in [1.807, 2.05) is 24.4 Å². The Bertz CT molecular complexity index is 1430. The average molecular weight is 539 g/mol. The van der Waals surface area contributed by atoms with Gasteiger partial charge in [-0.2, -0.15) is 4.72 Å². The maximum atomic E-state index is 13.1. The number of rotatable bonds is 11. The van der Waals surface area contributed by atoms with E-state index in [-0.39, 0.29) is 17.9 Å². The van der Waals surface area contributed by atoms with E-state index < -0.39 is 22.0 Å². The van der Waals surface area contributed by atoms with Gasteiger partial charge in [0.1, 0.15) is 24.1 Å². The molecule has 3 aromatic rings. The van der Waals surface area contributed by atoms with E-state index in [0.29, 0.717) is 17.4 Å². The molecular weight excluding hydrogens is 504 g/mol. The summed E-state index contributed by atoms with van der Waals surface area (Å²) in [6.07, 6.45) is 8.05. The molecule has 1 atom stereocenters. The van der Waals surface area contributed by atoms with Crippen molar-refractivity contribution >= 4 is 26.9 Å². The van der Waals surface area contributed by atoms with Gasteiger partial charge in [0, 0.05) is 30.1 Å². The van der Waals surface area contributed by atoms with Gasteiger partial charge >= 0.3 is 5.97 Å². The number of nitrogens with zero attached hydrogens (tertiary/aromatic N) is 1. The van der Waals surface area contributed by atoms with Gasteiger partial charge in [-0.25, -0.2) is 8.42 Å². The van der Waals surface area contributed by atoms with Crippen LogP contribution in [0.1, 0.15) is 44.6 Å². The van der Waals surface area contributed by atoms with Crippen molar-refractivity contribution in [3.05, 3.63) is 54.2 Å². The molecule has 0 spiro atoms. The van der Waals surface area contributed by atoms with E-state index in [2.05, 4.69) is 21.1 Å². The third-order valence-corrected chi connectivity index (χ3v) is 8.48. The van der Waals surface area contributed by atoms with E-state index in [1.165, 1.54) is 56.4 Å². The lowest BCUT2D eigenvalue weighted by atomic mass is 9.89. The molecule has 0 aliphatic heterocycles. The molecule has 38 heavy (non-hydrogen) atoms. The highest BCUT2D eigenvalue weighted by Crippen LogP contribution is 2.31. The Morgan fingerprint density at radius 1 is 1.13 bits per heavy atom. The second-order valence-corrected chi connectivity index (χ2v) is 11.3. The number of carboxylic acids is 1. The van der Waals surface area contributed by atoms with Gasteiger partial charge < -0.3 is 19.1 Å². The number of fused-ring (bicyclic) bond motifs is 1. The zero-order valence-electron chi connectivity index (χ0n) is 21.8. The third kappa shape index (κ3) is 6.69. The van der Waals surface area contributed by atoms with Crippen molar-refractivity contribution in [1.29, 1.82) is 0 Å². The first-order chi connectivity index (χ1) is 18.3. The first-order valence-corrected chi connectivity index (χ1v) is 14.3. The minimum atomic E-state index is -4.09. The molecule has 0 radical (unpaired) electrons. The minimum Gasteiger partial charge on any atom is -0.497 e. The van der Waals surface area contributed by atoms with E-state index in [0.717, 1.165) is 23.0 Å². The lowest BCUT2D eigenvalue weighted by Gasteiger charge is -2.22. The molecule has 1 fully saturated rings. The Morgan fingerprint density at radius 3 is 2.50 bits per heavy atom. The number of aromatic nitrogens is 1. The number of benzene rings is 2. The van der Waals surface area contributed by atoms with Crippen molar-refractivity contribution in [3.63, 3.8) is 0 Å². The molecule has 2 aromatic carbocycles. The summed E-state index contributed by atoms with van der Waals surface area (Å²) in [6, 6.07) is 10.2. The second kappa shape index (κ2) is 12.4. The summed E-state index contributed by atoms with van der Waals surface area (Å²) < 4.78 is 41.6. The first kappa shape index (κ1) is 27.6. The van der Waals surface area contributed by atoms with Crippen LogP contribution in [0.4, 0.5) is 0 Å². The Kier molecular flexibility index (Phi) is 8.97. The van der Waals surface area contributed by atoms with Crippen LogP contribution in [0.15, 0.2) is 53.6 Å². The summed E-state index contributed by atoms with van der Waals surface area (Å²) in [7, 11) is -2.51. The number of aliphatic carboxylic acids is 1. The molecule has 1 heterocycles. The summed E-state index contributed by atoms with van der Waals surface area (Å²) in [5, 5.41) is 10.8. The lowest BCUT2D eigenvalue weighted by Crippen LogP contribution is -2.42.